The topological polar surface area (TPSA) is 0 Å². The Hall–Kier alpha value is -0.266. The number of halogens is 2. The van der Waals surface area contributed by atoms with Crippen LogP contribution < -0.4 is 24.8 Å². The summed E-state index contributed by atoms with van der Waals surface area (Å²) in [6.45, 7) is 2.27. The Balaban J connectivity index is 0.00000110. The molecule has 21 heavy (non-hydrogen) atoms. The smallest absolute Gasteiger partial charge is 1.00 e. The fourth-order valence-electron chi connectivity index (χ4n) is 3.04. The molecule has 0 aromatic heterocycles. The Morgan fingerprint density at radius 1 is 1.19 bits per heavy atom. The molecule has 3 heteroatoms. The zero-order valence-corrected chi connectivity index (χ0v) is 15.3. The Kier molecular flexibility index (Phi) is 7.50. The van der Waals surface area contributed by atoms with E-state index in [0.29, 0.717) is 4.22 Å². The number of hydrogen-bond acceptors (Lipinski definition) is 0. The minimum atomic E-state index is 0. The molecule has 3 rings (SSSR count). The summed E-state index contributed by atoms with van der Waals surface area (Å²) in [5, 5.41) is 0. The molecule has 1 aromatic carbocycles. The minimum Gasteiger partial charge on any atom is -1.00 e. The fourth-order valence-corrected chi connectivity index (χ4v) is 3.85. The van der Waals surface area contributed by atoms with Gasteiger partial charge in [-0.1, -0.05) is 0 Å². The first-order chi connectivity index (χ1) is 9.31. The van der Waals surface area contributed by atoms with Gasteiger partial charge in [-0.05, 0) is 0 Å². The number of hydrogen-bond donors (Lipinski definition) is 0. The first kappa shape index (κ1) is 18.8. The Morgan fingerprint density at radius 2 is 1.95 bits per heavy atom. The van der Waals surface area contributed by atoms with Crippen molar-refractivity contribution < 1.29 is 45.2 Å². The van der Waals surface area contributed by atoms with Crippen molar-refractivity contribution in [1.82, 2.24) is 0 Å². The third-order valence-electron chi connectivity index (χ3n) is 4.11. The fraction of sp³-hybridized carbons (Fsp3) is 0.333. The van der Waals surface area contributed by atoms with Crippen LogP contribution in [0.25, 0.3) is 6.08 Å². The molecule has 0 nitrogen and oxygen atoms in total. The van der Waals surface area contributed by atoms with Gasteiger partial charge in [0, 0.05) is 0 Å². The molecule has 0 saturated carbocycles. The van der Waals surface area contributed by atoms with Crippen LogP contribution in [0.3, 0.4) is 0 Å². The van der Waals surface area contributed by atoms with Crippen LogP contribution in [0.2, 0.25) is 0 Å². The molecule has 1 unspecified atom stereocenters. The normalized spacial score (nSPS) is 19.0. The van der Waals surface area contributed by atoms with Crippen molar-refractivity contribution in [3.05, 3.63) is 64.3 Å². The monoisotopic (exact) mass is 353 g/mol. The molecule has 0 N–H and O–H groups in total. The molecule has 0 saturated heterocycles. The molecule has 2 aliphatic rings. The first-order valence-electron chi connectivity index (χ1n) is 7.22. The molecule has 0 heterocycles. The van der Waals surface area contributed by atoms with Gasteiger partial charge in [-0.25, -0.2) is 0 Å². The zero-order valence-electron chi connectivity index (χ0n) is 12.2. The Bertz CT molecular complexity index is 585. The molecule has 1 aromatic rings. The van der Waals surface area contributed by atoms with E-state index in [1.807, 2.05) is 0 Å². The standard InChI is InChI=1S/C18H19.2ClH.Ti/c1-2-3-7-14-10-6-11-18(14)17-12-15-8-4-5-9-16(15)13-17;;;/h4-6,8-10,12-13H,2-3,7,11H2,1H3;2*1H;/q;;;+2/p-2. The molecular weight excluding hydrogens is 335 g/mol. The number of allylic oxidation sites excluding steroid dienone is 5. The molecule has 0 bridgehead atoms. The Morgan fingerprint density at radius 3 is 2.67 bits per heavy atom. The van der Waals surface area contributed by atoms with E-state index in [9.17, 15) is 0 Å². The summed E-state index contributed by atoms with van der Waals surface area (Å²) < 4.78 is 0.558. The zero-order chi connectivity index (χ0) is 13.2. The van der Waals surface area contributed by atoms with Gasteiger partial charge in [-0.2, -0.15) is 0 Å². The second-order valence-corrected chi connectivity index (χ2v) is 6.28. The van der Waals surface area contributed by atoms with Gasteiger partial charge in [0.1, 0.15) is 0 Å². The van der Waals surface area contributed by atoms with Crippen LogP contribution in [0.1, 0.15) is 48.0 Å². The summed E-state index contributed by atoms with van der Waals surface area (Å²) in [5.41, 5.74) is 7.63. The summed E-state index contributed by atoms with van der Waals surface area (Å²) in [7, 11) is 0. The van der Waals surface area contributed by atoms with E-state index in [1.54, 1.807) is 16.7 Å². The van der Waals surface area contributed by atoms with Gasteiger partial charge in [0.15, 0.2) is 0 Å². The number of unbranched alkanes of at least 4 members (excludes halogenated alkanes) is 1. The van der Waals surface area contributed by atoms with Gasteiger partial charge in [0.05, 0.1) is 0 Å². The molecule has 0 fully saturated rings. The molecule has 109 valence electrons. The molecule has 0 amide bonds. The van der Waals surface area contributed by atoms with Crippen LogP contribution in [0.15, 0.2) is 53.1 Å². The Labute approximate surface area is 152 Å². The van der Waals surface area contributed by atoms with Gasteiger partial charge in [-0.3, -0.25) is 0 Å². The molecule has 0 aliphatic heterocycles. The van der Waals surface area contributed by atoms with Gasteiger partial charge in [0.25, 0.3) is 0 Å². The van der Waals surface area contributed by atoms with Gasteiger partial charge < -0.3 is 24.8 Å². The third kappa shape index (κ3) is 3.74. The van der Waals surface area contributed by atoms with Gasteiger partial charge >= 0.3 is 128 Å². The summed E-state index contributed by atoms with van der Waals surface area (Å²) >= 11 is 2.35. The molecule has 2 aliphatic carbocycles. The van der Waals surface area contributed by atoms with E-state index in [4.69, 9.17) is 0 Å². The molecule has 1 atom stereocenters. The van der Waals surface area contributed by atoms with E-state index in [-0.39, 0.29) is 24.8 Å². The van der Waals surface area contributed by atoms with Crippen molar-refractivity contribution in [3.63, 3.8) is 0 Å². The van der Waals surface area contributed by atoms with Crippen molar-refractivity contribution in [3.8, 4) is 0 Å². The number of fused-ring (bicyclic) bond motifs is 1. The van der Waals surface area contributed by atoms with Gasteiger partial charge in [-0.15, -0.1) is 0 Å². The number of rotatable bonds is 4. The SMILES string of the molecule is CCCCC1=C(C2=Cc3ccccc3[CH]2[Ti+2])CC=C1.[Cl-].[Cl-]. The van der Waals surface area contributed by atoms with Crippen molar-refractivity contribution in [1.29, 1.82) is 0 Å². The largest absolute Gasteiger partial charge is 1.00 e. The van der Waals surface area contributed by atoms with Crippen LogP contribution in [-0.2, 0) is 20.4 Å². The predicted molar refractivity (Wildman–Crippen MR) is 77.5 cm³/mol. The van der Waals surface area contributed by atoms with Crippen LogP contribution in [0.4, 0.5) is 0 Å². The summed E-state index contributed by atoms with van der Waals surface area (Å²) in [6, 6.07) is 8.82. The summed E-state index contributed by atoms with van der Waals surface area (Å²) in [6.07, 6.45) is 12.0. The quantitative estimate of drug-likeness (QED) is 0.617. The molecular formula is C18H19Cl2Ti. The average molecular weight is 354 g/mol. The first-order valence-corrected chi connectivity index (χ1v) is 8.12. The van der Waals surface area contributed by atoms with E-state index < -0.39 is 0 Å². The van der Waals surface area contributed by atoms with Crippen LogP contribution >= 0.6 is 0 Å². The third-order valence-corrected chi connectivity index (χ3v) is 5.08. The van der Waals surface area contributed by atoms with E-state index >= 15 is 0 Å². The van der Waals surface area contributed by atoms with E-state index in [2.05, 4.69) is 69.9 Å². The van der Waals surface area contributed by atoms with E-state index in [0.717, 1.165) is 6.42 Å². The summed E-state index contributed by atoms with van der Waals surface area (Å²) in [5.74, 6) is 0. The molecule has 0 spiro atoms. The second-order valence-electron chi connectivity index (χ2n) is 5.38. The summed E-state index contributed by atoms with van der Waals surface area (Å²) in [4.78, 5) is 0. The van der Waals surface area contributed by atoms with Gasteiger partial charge in [0.2, 0.25) is 0 Å². The van der Waals surface area contributed by atoms with Crippen molar-refractivity contribution >= 4 is 6.08 Å². The van der Waals surface area contributed by atoms with Crippen LogP contribution in [-0.4, -0.2) is 0 Å². The van der Waals surface area contributed by atoms with Crippen molar-refractivity contribution in [2.45, 2.75) is 36.8 Å². The average Bonchev–Trinajstić information content (AvgIpc) is 3.01. The number of benzene rings is 1. The maximum absolute atomic E-state index is 2.41. The van der Waals surface area contributed by atoms with Crippen molar-refractivity contribution in [2.75, 3.05) is 0 Å². The van der Waals surface area contributed by atoms with Crippen LogP contribution in [0, 0.1) is 0 Å². The predicted octanol–water partition coefficient (Wildman–Crippen LogP) is -0.874. The minimum absolute atomic E-state index is 0. The van der Waals surface area contributed by atoms with Crippen molar-refractivity contribution in [2.24, 2.45) is 0 Å². The van der Waals surface area contributed by atoms with Crippen LogP contribution in [0.5, 0.6) is 0 Å². The maximum Gasteiger partial charge on any atom is -1.00 e. The second kappa shape index (κ2) is 8.39. The molecule has 0 radical (unpaired) electrons. The maximum atomic E-state index is 2.41. The van der Waals surface area contributed by atoms with E-state index in [1.165, 1.54) is 30.4 Å².